The Balaban J connectivity index is 2.29. The number of hydrogen-bond donors (Lipinski definition) is 2. The van der Waals surface area contributed by atoms with Crippen LogP contribution in [0.5, 0.6) is 0 Å². The summed E-state index contributed by atoms with van der Waals surface area (Å²) >= 11 is 1.36. The zero-order chi connectivity index (χ0) is 14.5. The van der Waals surface area contributed by atoms with Crippen LogP contribution in [0.25, 0.3) is 0 Å². The van der Waals surface area contributed by atoms with Crippen LogP contribution in [0.2, 0.25) is 0 Å². The number of aryl methyl sites for hydroxylation is 1. The molecular weight excluding hydrogens is 277 g/mol. The van der Waals surface area contributed by atoms with Gasteiger partial charge in [-0.05, 0) is 25.1 Å². The molecule has 0 spiro atoms. The Morgan fingerprint density at radius 2 is 2.35 bits per heavy atom. The second-order valence-corrected chi connectivity index (χ2v) is 5.16. The van der Waals surface area contributed by atoms with E-state index in [1.807, 2.05) is 6.92 Å². The zero-order valence-corrected chi connectivity index (χ0v) is 11.6. The summed E-state index contributed by atoms with van der Waals surface area (Å²) in [5.41, 5.74) is 5.89. The van der Waals surface area contributed by atoms with Gasteiger partial charge in [0.25, 0.3) is 5.91 Å². The third kappa shape index (κ3) is 3.41. The fourth-order valence-corrected chi connectivity index (χ4v) is 2.20. The lowest BCUT2D eigenvalue weighted by Crippen LogP contribution is -2.13. The average molecular weight is 289 g/mol. The van der Waals surface area contributed by atoms with Gasteiger partial charge in [-0.1, -0.05) is 11.8 Å². The van der Waals surface area contributed by atoms with Gasteiger partial charge in [-0.15, -0.1) is 11.3 Å². The van der Waals surface area contributed by atoms with Crippen molar-refractivity contribution in [3.8, 4) is 11.8 Å². The van der Waals surface area contributed by atoms with Crippen molar-refractivity contribution in [2.75, 3.05) is 11.9 Å². The zero-order valence-electron chi connectivity index (χ0n) is 10.7. The van der Waals surface area contributed by atoms with E-state index in [2.05, 4.69) is 22.1 Å². The predicted molar refractivity (Wildman–Crippen MR) is 77.1 cm³/mol. The van der Waals surface area contributed by atoms with Crippen molar-refractivity contribution in [2.45, 2.75) is 6.92 Å². The van der Waals surface area contributed by atoms with E-state index in [-0.39, 0.29) is 12.5 Å². The molecule has 0 aliphatic carbocycles. The Kier molecular flexibility index (Phi) is 4.45. The van der Waals surface area contributed by atoms with Gasteiger partial charge >= 0.3 is 0 Å². The van der Waals surface area contributed by atoms with Crippen LogP contribution in [0.15, 0.2) is 24.4 Å². The predicted octanol–water partition coefficient (Wildman–Crippen LogP) is 2.15. The number of hydrogen-bond acceptors (Lipinski definition) is 4. The van der Waals surface area contributed by atoms with Gasteiger partial charge in [0.05, 0.1) is 12.1 Å². The van der Waals surface area contributed by atoms with Crippen LogP contribution < -0.4 is 11.1 Å². The summed E-state index contributed by atoms with van der Waals surface area (Å²) in [6, 6.07) is 3.83. The fourth-order valence-electron chi connectivity index (χ4n) is 1.54. The molecule has 3 N–H and O–H groups in total. The second-order valence-electron chi connectivity index (χ2n) is 3.93. The van der Waals surface area contributed by atoms with Crippen LogP contribution in [-0.2, 0) is 0 Å². The van der Waals surface area contributed by atoms with Crippen molar-refractivity contribution in [1.82, 2.24) is 4.98 Å². The molecule has 6 heteroatoms. The molecule has 2 rings (SSSR count). The number of thiazole rings is 1. The molecule has 4 nitrogen and oxygen atoms in total. The van der Waals surface area contributed by atoms with Crippen molar-refractivity contribution < 1.29 is 9.18 Å². The Morgan fingerprint density at radius 3 is 3.00 bits per heavy atom. The summed E-state index contributed by atoms with van der Waals surface area (Å²) in [6.45, 7) is 2.03. The van der Waals surface area contributed by atoms with Gasteiger partial charge < -0.3 is 5.73 Å². The first-order chi connectivity index (χ1) is 9.60. The molecule has 0 aliphatic heterocycles. The number of carbonyl (C=O) groups excluding carboxylic acids is 1. The smallest absolute Gasteiger partial charge is 0.258 e. The molecular formula is C14H12FN3OS. The number of aromatic nitrogens is 1. The molecule has 0 unspecified atom stereocenters. The number of benzene rings is 1. The normalized spacial score (nSPS) is 9.75. The van der Waals surface area contributed by atoms with Crippen LogP contribution >= 0.6 is 11.3 Å². The summed E-state index contributed by atoms with van der Waals surface area (Å²) in [7, 11) is 0. The molecule has 102 valence electrons. The fraction of sp³-hybridized carbons (Fsp3) is 0.143. The van der Waals surface area contributed by atoms with Crippen molar-refractivity contribution in [2.24, 2.45) is 5.73 Å². The molecule has 0 bridgehead atoms. The minimum absolute atomic E-state index is 0.142. The first kappa shape index (κ1) is 14.2. The van der Waals surface area contributed by atoms with Crippen LogP contribution in [0.4, 0.5) is 9.52 Å². The third-order valence-corrected chi connectivity index (χ3v) is 3.22. The van der Waals surface area contributed by atoms with Gasteiger partial charge in [0.2, 0.25) is 0 Å². The van der Waals surface area contributed by atoms with Crippen molar-refractivity contribution in [3.63, 3.8) is 0 Å². The van der Waals surface area contributed by atoms with Crippen LogP contribution in [-0.4, -0.2) is 17.4 Å². The number of halogens is 1. The summed E-state index contributed by atoms with van der Waals surface area (Å²) in [6.07, 6.45) is 1.67. The summed E-state index contributed by atoms with van der Waals surface area (Å²) in [5.74, 6) is 4.48. The Morgan fingerprint density at radius 1 is 1.55 bits per heavy atom. The van der Waals surface area contributed by atoms with E-state index in [4.69, 9.17) is 5.73 Å². The van der Waals surface area contributed by atoms with Crippen LogP contribution in [0.3, 0.4) is 0 Å². The highest BCUT2D eigenvalue weighted by molar-refractivity contribution is 7.15. The minimum Gasteiger partial charge on any atom is -0.320 e. The molecule has 1 aromatic heterocycles. The summed E-state index contributed by atoms with van der Waals surface area (Å²) in [4.78, 5) is 17.2. The van der Waals surface area contributed by atoms with Gasteiger partial charge in [-0.2, -0.15) is 0 Å². The van der Waals surface area contributed by atoms with Gasteiger partial charge in [0.1, 0.15) is 5.82 Å². The number of carbonyl (C=O) groups is 1. The number of anilines is 1. The van der Waals surface area contributed by atoms with Crippen molar-refractivity contribution >= 4 is 22.4 Å². The number of nitrogens with zero attached hydrogens (tertiary/aromatic N) is 1. The third-order valence-electron chi connectivity index (χ3n) is 2.39. The van der Waals surface area contributed by atoms with Crippen molar-refractivity contribution in [1.29, 1.82) is 0 Å². The average Bonchev–Trinajstić information content (AvgIpc) is 2.81. The lowest BCUT2D eigenvalue weighted by Gasteiger charge is -2.04. The van der Waals surface area contributed by atoms with E-state index >= 15 is 0 Å². The van der Waals surface area contributed by atoms with Crippen molar-refractivity contribution in [3.05, 3.63) is 46.2 Å². The molecule has 0 saturated carbocycles. The lowest BCUT2D eigenvalue weighted by atomic mass is 10.1. The Labute approximate surface area is 119 Å². The summed E-state index contributed by atoms with van der Waals surface area (Å²) < 4.78 is 13.2. The van der Waals surface area contributed by atoms with Gasteiger partial charge in [0, 0.05) is 16.6 Å². The van der Waals surface area contributed by atoms with E-state index in [0.29, 0.717) is 16.3 Å². The van der Waals surface area contributed by atoms with E-state index in [0.717, 1.165) is 4.88 Å². The maximum absolute atomic E-state index is 13.2. The minimum atomic E-state index is -0.451. The van der Waals surface area contributed by atoms with E-state index in [1.54, 1.807) is 6.20 Å². The molecule has 1 aromatic carbocycles. The number of nitrogens with one attached hydrogen (secondary N) is 1. The van der Waals surface area contributed by atoms with Crippen LogP contribution in [0, 0.1) is 24.6 Å². The van der Waals surface area contributed by atoms with E-state index in [1.165, 1.54) is 29.5 Å². The molecule has 0 radical (unpaired) electrons. The largest absolute Gasteiger partial charge is 0.320 e. The molecule has 20 heavy (non-hydrogen) atoms. The van der Waals surface area contributed by atoms with E-state index < -0.39 is 5.82 Å². The van der Waals surface area contributed by atoms with Gasteiger partial charge in [-0.25, -0.2) is 9.37 Å². The number of rotatable bonds is 2. The maximum atomic E-state index is 13.2. The topological polar surface area (TPSA) is 68.0 Å². The molecule has 2 aromatic rings. The Hall–Kier alpha value is -2.23. The van der Waals surface area contributed by atoms with Gasteiger partial charge in [0.15, 0.2) is 5.13 Å². The number of amides is 1. The second kappa shape index (κ2) is 6.28. The molecule has 0 atom stereocenters. The molecule has 0 saturated heterocycles. The molecule has 1 amide bonds. The molecule has 1 heterocycles. The molecule has 0 aliphatic rings. The first-order valence-corrected chi connectivity index (χ1v) is 6.64. The highest BCUT2D eigenvalue weighted by Gasteiger charge is 2.12. The number of nitrogens with two attached hydrogens (primary N) is 1. The van der Waals surface area contributed by atoms with Gasteiger partial charge in [-0.3, -0.25) is 10.1 Å². The van der Waals surface area contributed by atoms with Crippen LogP contribution in [0.1, 0.15) is 20.8 Å². The monoisotopic (exact) mass is 289 g/mol. The maximum Gasteiger partial charge on any atom is 0.258 e. The first-order valence-electron chi connectivity index (χ1n) is 5.82. The molecule has 0 fully saturated rings. The Bertz CT molecular complexity index is 700. The lowest BCUT2D eigenvalue weighted by molar-refractivity contribution is 0.102. The SMILES string of the molecule is Cc1cnc(NC(=O)c2ccc(F)cc2C#CCN)s1. The van der Waals surface area contributed by atoms with E-state index in [9.17, 15) is 9.18 Å². The summed E-state index contributed by atoms with van der Waals surface area (Å²) in [5, 5.41) is 3.16. The highest BCUT2D eigenvalue weighted by Crippen LogP contribution is 2.18. The standard InChI is InChI=1S/C14H12FN3OS/c1-9-8-17-14(20-9)18-13(19)12-5-4-11(15)7-10(12)3-2-6-16/h4-5,7-8H,6,16H2,1H3,(H,17,18,19). The highest BCUT2D eigenvalue weighted by atomic mass is 32.1. The quantitative estimate of drug-likeness (QED) is 0.832.